The second-order valence-corrected chi connectivity index (χ2v) is 5.13. The van der Waals surface area contributed by atoms with E-state index in [0.717, 1.165) is 6.42 Å². The molecule has 0 aliphatic carbocycles. The van der Waals surface area contributed by atoms with Gasteiger partial charge in [-0.1, -0.05) is 13.8 Å². The van der Waals surface area contributed by atoms with E-state index >= 15 is 0 Å². The molecule has 0 aromatic rings. The molecule has 93 valence electrons. The molecule has 1 unspecified atom stereocenters. The van der Waals surface area contributed by atoms with Gasteiger partial charge in [0.25, 0.3) is 0 Å². The van der Waals surface area contributed by atoms with Crippen molar-refractivity contribution in [1.82, 2.24) is 0 Å². The van der Waals surface area contributed by atoms with Crippen LogP contribution in [0.1, 0.15) is 47.5 Å². The van der Waals surface area contributed by atoms with Gasteiger partial charge in [0.15, 0.2) is 0 Å². The zero-order chi connectivity index (χ0) is 12.9. The molecule has 0 amide bonds. The number of carbonyl (C=O) groups is 1. The molecule has 0 aromatic heterocycles. The standard InChI is InChI=1S/C13H24NO2/c1-7-10(9(3)14)11(8-2)12(15)16-13(4,5)6/h10-11,14H,2,7-8H2,1,3-6H3/t10-,11?/m1/s1. The lowest BCUT2D eigenvalue weighted by molar-refractivity contribution is -0.161. The Morgan fingerprint density at radius 2 is 1.88 bits per heavy atom. The van der Waals surface area contributed by atoms with Gasteiger partial charge in [0.1, 0.15) is 5.60 Å². The van der Waals surface area contributed by atoms with Crippen molar-refractivity contribution in [2.75, 3.05) is 0 Å². The Kier molecular flexibility index (Phi) is 5.70. The Balaban J connectivity index is 4.71. The molecular formula is C13H24NO2. The molecule has 16 heavy (non-hydrogen) atoms. The number of esters is 1. The molecule has 0 rings (SSSR count). The lowest BCUT2D eigenvalue weighted by Crippen LogP contribution is -2.34. The number of nitrogens with one attached hydrogen (secondary N) is 1. The first kappa shape index (κ1) is 15.1. The van der Waals surface area contributed by atoms with Crippen molar-refractivity contribution in [3.63, 3.8) is 0 Å². The van der Waals surface area contributed by atoms with Gasteiger partial charge in [0, 0.05) is 11.6 Å². The second kappa shape index (κ2) is 6.02. The Labute approximate surface area is 99.1 Å². The Morgan fingerprint density at radius 3 is 2.12 bits per heavy atom. The quantitative estimate of drug-likeness (QED) is 0.578. The number of carbonyl (C=O) groups excluding carboxylic acids is 1. The van der Waals surface area contributed by atoms with Crippen molar-refractivity contribution < 1.29 is 9.53 Å². The molecule has 1 radical (unpaired) electrons. The fourth-order valence-corrected chi connectivity index (χ4v) is 1.75. The van der Waals surface area contributed by atoms with E-state index in [-0.39, 0.29) is 17.8 Å². The summed E-state index contributed by atoms with van der Waals surface area (Å²) in [5, 5.41) is 7.67. The van der Waals surface area contributed by atoms with Crippen LogP contribution >= 0.6 is 0 Å². The fourth-order valence-electron chi connectivity index (χ4n) is 1.75. The molecule has 0 aromatic carbocycles. The van der Waals surface area contributed by atoms with Gasteiger partial charge in [-0.2, -0.15) is 0 Å². The molecule has 0 heterocycles. The summed E-state index contributed by atoms with van der Waals surface area (Å²) in [6.07, 6.45) is 1.25. The molecule has 0 fully saturated rings. The molecule has 0 saturated heterocycles. The fraction of sp³-hybridized carbons (Fsp3) is 0.769. The molecular weight excluding hydrogens is 202 g/mol. The first-order valence-electron chi connectivity index (χ1n) is 5.80. The second-order valence-electron chi connectivity index (χ2n) is 5.13. The predicted molar refractivity (Wildman–Crippen MR) is 66.5 cm³/mol. The van der Waals surface area contributed by atoms with E-state index in [9.17, 15) is 4.79 Å². The maximum absolute atomic E-state index is 11.9. The van der Waals surface area contributed by atoms with E-state index in [1.807, 2.05) is 27.7 Å². The van der Waals surface area contributed by atoms with Crippen LogP contribution in [0.25, 0.3) is 0 Å². The van der Waals surface area contributed by atoms with Crippen LogP contribution in [0.4, 0.5) is 0 Å². The van der Waals surface area contributed by atoms with Crippen LogP contribution in [-0.4, -0.2) is 17.3 Å². The molecule has 3 heteroatoms. The monoisotopic (exact) mass is 226 g/mol. The van der Waals surface area contributed by atoms with Gasteiger partial charge in [0.2, 0.25) is 0 Å². The molecule has 0 aliphatic heterocycles. The summed E-state index contributed by atoms with van der Waals surface area (Å²) in [5.74, 6) is -0.574. The highest BCUT2D eigenvalue weighted by molar-refractivity contribution is 5.87. The van der Waals surface area contributed by atoms with Gasteiger partial charge < -0.3 is 10.1 Å². The Bertz CT molecular complexity index is 253. The van der Waals surface area contributed by atoms with Gasteiger partial charge >= 0.3 is 5.97 Å². The van der Waals surface area contributed by atoms with Crippen LogP contribution in [0.2, 0.25) is 0 Å². The molecule has 1 N–H and O–H groups in total. The Morgan fingerprint density at radius 1 is 1.38 bits per heavy atom. The highest BCUT2D eigenvalue weighted by Crippen LogP contribution is 2.24. The SMILES string of the molecule is [CH2]CC(C(=O)OC(C)(C)C)[C@H](CC)C(C)=N. The summed E-state index contributed by atoms with van der Waals surface area (Å²) in [7, 11) is 0. The number of hydrogen-bond acceptors (Lipinski definition) is 3. The van der Waals surface area contributed by atoms with Gasteiger partial charge in [0.05, 0.1) is 5.92 Å². The summed E-state index contributed by atoms with van der Waals surface area (Å²) < 4.78 is 5.35. The average Bonchev–Trinajstić information content (AvgIpc) is 2.09. The molecule has 2 atom stereocenters. The third-order valence-electron chi connectivity index (χ3n) is 2.50. The summed E-state index contributed by atoms with van der Waals surface area (Å²) in [6.45, 7) is 13.1. The van der Waals surface area contributed by atoms with E-state index in [2.05, 4.69) is 6.92 Å². The van der Waals surface area contributed by atoms with Gasteiger partial charge in [-0.25, -0.2) is 0 Å². The van der Waals surface area contributed by atoms with Crippen LogP contribution in [0.5, 0.6) is 0 Å². The normalized spacial score (nSPS) is 15.4. The first-order chi connectivity index (χ1) is 7.22. The number of hydrogen-bond donors (Lipinski definition) is 1. The number of rotatable bonds is 5. The van der Waals surface area contributed by atoms with Gasteiger partial charge in [-0.15, -0.1) is 0 Å². The van der Waals surface area contributed by atoms with Gasteiger partial charge in [-0.05, 0) is 40.5 Å². The van der Waals surface area contributed by atoms with Crippen molar-refractivity contribution >= 4 is 11.7 Å². The zero-order valence-electron chi connectivity index (χ0n) is 11.1. The maximum atomic E-state index is 11.9. The van der Waals surface area contributed by atoms with Crippen LogP contribution in [0, 0.1) is 24.2 Å². The van der Waals surface area contributed by atoms with Crippen LogP contribution < -0.4 is 0 Å². The third-order valence-corrected chi connectivity index (χ3v) is 2.50. The summed E-state index contributed by atoms with van der Waals surface area (Å²) in [6, 6.07) is 0. The minimum atomic E-state index is -0.473. The zero-order valence-corrected chi connectivity index (χ0v) is 11.1. The molecule has 0 saturated carbocycles. The molecule has 3 nitrogen and oxygen atoms in total. The van der Waals surface area contributed by atoms with Crippen LogP contribution in [0.3, 0.4) is 0 Å². The molecule has 0 bridgehead atoms. The smallest absolute Gasteiger partial charge is 0.310 e. The highest BCUT2D eigenvalue weighted by Gasteiger charge is 2.30. The van der Waals surface area contributed by atoms with E-state index in [1.165, 1.54) is 0 Å². The topological polar surface area (TPSA) is 50.2 Å². The minimum absolute atomic E-state index is 0.0488. The van der Waals surface area contributed by atoms with Crippen molar-refractivity contribution in [3.8, 4) is 0 Å². The summed E-state index contributed by atoms with van der Waals surface area (Å²) >= 11 is 0. The van der Waals surface area contributed by atoms with Gasteiger partial charge in [-0.3, -0.25) is 4.79 Å². The van der Waals surface area contributed by atoms with Crippen molar-refractivity contribution in [2.24, 2.45) is 11.8 Å². The number of ether oxygens (including phenoxy) is 1. The highest BCUT2D eigenvalue weighted by atomic mass is 16.6. The summed E-state index contributed by atoms with van der Waals surface area (Å²) in [5.41, 5.74) is 0.0562. The van der Waals surface area contributed by atoms with E-state index in [0.29, 0.717) is 12.1 Å². The Hall–Kier alpha value is -0.860. The average molecular weight is 226 g/mol. The maximum Gasteiger partial charge on any atom is 0.310 e. The van der Waals surface area contributed by atoms with Crippen LogP contribution in [-0.2, 0) is 9.53 Å². The van der Waals surface area contributed by atoms with Crippen molar-refractivity contribution in [2.45, 2.75) is 53.1 Å². The predicted octanol–water partition coefficient (Wildman–Crippen LogP) is 3.23. The van der Waals surface area contributed by atoms with Crippen LogP contribution in [0.15, 0.2) is 0 Å². The minimum Gasteiger partial charge on any atom is -0.460 e. The van der Waals surface area contributed by atoms with Crippen molar-refractivity contribution in [1.29, 1.82) is 5.41 Å². The van der Waals surface area contributed by atoms with Crippen molar-refractivity contribution in [3.05, 3.63) is 6.92 Å². The van der Waals surface area contributed by atoms with E-state index in [1.54, 1.807) is 6.92 Å². The largest absolute Gasteiger partial charge is 0.460 e. The van der Waals surface area contributed by atoms with E-state index in [4.69, 9.17) is 10.1 Å². The molecule has 0 aliphatic rings. The first-order valence-corrected chi connectivity index (χ1v) is 5.80. The lowest BCUT2D eigenvalue weighted by Gasteiger charge is -2.27. The van der Waals surface area contributed by atoms with E-state index < -0.39 is 5.60 Å². The molecule has 0 spiro atoms. The third kappa shape index (κ3) is 4.77. The lowest BCUT2D eigenvalue weighted by atomic mass is 9.84. The summed E-state index contributed by atoms with van der Waals surface area (Å²) in [4.78, 5) is 11.9.